The Morgan fingerprint density at radius 2 is 2.15 bits per heavy atom. The molecule has 1 aromatic rings. The molecular formula is C15H23FN2O2. The molecule has 4 nitrogen and oxygen atoms in total. The van der Waals surface area contributed by atoms with Crippen LogP contribution in [0, 0.1) is 11.7 Å². The lowest BCUT2D eigenvalue weighted by atomic mass is 9.95. The molecule has 3 N–H and O–H groups in total. The molecule has 0 saturated carbocycles. The first-order chi connectivity index (χ1) is 9.38. The van der Waals surface area contributed by atoms with E-state index in [0.29, 0.717) is 12.2 Å². The highest BCUT2D eigenvalue weighted by molar-refractivity contribution is 5.70. The van der Waals surface area contributed by atoms with E-state index in [1.807, 2.05) is 25.7 Å². The third-order valence-corrected chi connectivity index (χ3v) is 3.70. The summed E-state index contributed by atoms with van der Waals surface area (Å²) >= 11 is 0. The standard InChI is InChI=1S/C15H23FN2O2/c1-9(2)20-15-7-13(12(17)6-11(15)16)18-5-4-10(3)14(19)8-18/h6-7,9-10,14,19H,4-5,8,17H2,1-3H3. The SMILES string of the molecule is CC(C)Oc1cc(N2CCC(C)C(O)C2)c(N)cc1F. The van der Waals surface area contributed by atoms with Crippen LogP contribution < -0.4 is 15.4 Å². The Labute approximate surface area is 119 Å². The fourth-order valence-electron chi connectivity index (χ4n) is 2.44. The molecule has 5 heteroatoms. The molecule has 0 aromatic heterocycles. The Balaban J connectivity index is 2.27. The number of hydrogen-bond donors (Lipinski definition) is 2. The highest BCUT2D eigenvalue weighted by atomic mass is 19.1. The van der Waals surface area contributed by atoms with Gasteiger partial charge in [-0.25, -0.2) is 4.39 Å². The van der Waals surface area contributed by atoms with Gasteiger partial charge in [-0.15, -0.1) is 0 Å². The number of aliphatic hydroxyl groups is 1. The van der Waals surface area contributed by atoms with Crippen LogP contribution in [-0.4, -0.2) is 30.4 Å². The van der Waals surface area contributed by atoms with Crippen molar-refractivity contribution in [1.29, 1.82) is 0 Å². The van der Waals surface area contributed by atoms with E-state index in [1.54, 1.807) is 6.07 Å². The number of nitrogens with zero attached hydrogens (tertiary/aromatic N) is 1. The van der Waals surface area contributed by atoms with Crippen molar-refractivity contribution in [2.45, 2.75) is 39.4 Å². The number of rotatable bonds is 3. The van der Waals surface area contributed by atoms with Gasteiger partial charge in [0.25, 0.3) is 0 Å². The van der Waals surface area contributed by atoms with Gasteiger partial charge < -0.3 is 20.5 Å². The number of β-amino-alcohol motifs (C(OH)–C–C–N with tert-alkyl or cyclic N) is 1. The molecule has 20 heavy (non-hydrogen) atoms. The monoisotopic (exact) mass is 282 g/mol. The fraction of sp³-hybridized carbons (Fsp3) is 0.600. The third-order valence-electron chi connectivity index (χ3n) is 3.70. The van der Waals surface area contributed by atoms with Crippen molar-refractivity contribution in [2.75, 3.05) is 23.7 Å². The number of halogens is 1. The number of anilines is 2. The molecule has 0 spiro atoms. The molecule has 1 aliphatic rings. The largest absolute Gasteiger partial charge is 0.488 e. The Morgan fingerprint density at radius 1 is 1.45 bits per heavy atom. The zero-order valence-corrected chi connectivity index (χ0v) is 12.3. The van der Waals surface area contributed by atoms with Crippen LogP contribution in [0.15, 0.2) is 12.1 Å². The molecule has 1 saturated heterocycles. The summed E-state index contributed by atoms with van der Waals surface area (Å²) in [5, 5.41) is 9.98. The van der Waals surface area contributed by atoms with Crippen LogP contribution in [0.25, 0.3) is 0 Å². The number of ether oxygens (including phenoxy) is 1. The van der Waals surface area contributed by atoms with Gasteiger partial charge >= 0.3 is 0 Å². The molecule has 1 heterocycles. The van der Waals surface area contributed by atoms with E-state index in [9.17, 15) is 9.50 Å². The summed E-state index contributed by atoms with van der Waals surface area (Å²) in [6.07, 6.45) is 0.397. The molecule has 1 aromatic carbocycles. The maximum atomic E-state index is 13.8. The molecule has 2 rings (SSSR count). The van der Waals surface area contributed by atoms with E-state index in [2.05, 4.69) is 0 Å². The van der Waals surface area contributed by atoms with Crippen LogP contribution in [0.5, 0.6) is 5.75 Å². The molecule has 1 fully saturated rings. The van der Waals surface area contributed by atoms with Crippen LogP contribution in [0.1, 0.15) is 27.2 Å². The molecule has 0 bridgehead atoms. The average Bonchev–Trinajstić information content (AvgIpc) is 2.36. The predicted molar refractivity (Wildman–Crippen MR) is 78.6 cm³/mol. The summed E-state index contributed by atoms with van der Waals surface area (Å²) in [5.41, 5.74) is 7.02. The van der Waals surface area contributed by atoms with Crippen LogP contribution in [0.4, 0.5) is 15.8 Å². The molecule has 0 radical (unpaired) electrons. The van der Waals surface area contributed by atoms with Crippen molar-refractivity contribution in [2.24, 2.45) is 5.92 Å². The van der Waals surface area contributed by atoms with E-state index >= 15 is 0 Å². The van der Waals surface area contributed by atoms with Crippen molar-refractivity contribution < 1.29 is 14.2 Å². The minimum absolute atomic E-state index is 0.104. The van der Waals surface area contributed by atoms with Crippen LogP contribution >= 0.6 is 0 Å². The van der Waals surface area contributed by atoms with E-state index in [1.165, 1.54) is 6.07 Å². The summed E-state index contributed by atoms with van der Waals surface area (Å²) in [6.45, 7) is 7.04. The molecule has 0 amide bonds. The molecule has 2 atom stereocenters. The normalized spacial score (nSPS) is 23.2. The van der Waals surface area contributed by atoms with E-state index < -0.39 is 5.82 Å². The zero-order chi connectivity index (χ0) is 14.9. The molecule has 2 unspecified atom stereocenters. The van der Waals surface area contributed by atoms with E-state index in [0.717, 1.165) is 18.7 Å². The van der Waals surface area contributed by atoms with Crippen molar-refractivity contribution in [3.8, 4) is 5.75 Å². The van der Waals surface area contributed by atoms with Gasteiger partial charge in [-0.3, -0.25) is 0 Å². The van der Waals surface area contributed by atoms with Crippen molar-refractivity contribution in [3.63, 3.8) is 0 Å². The number of benzene rings is 1. The topological polar surface area (TPSA) is 58.7 Å². The number of piperidine rings is 1. The maximum Gasteiger partial charge on any atom is 0.167 e. The summed E-state index contributed by atoms with van der Waals surface area (Å²) in [7, 11) is 0. The molecule has 112 valence electrons. The Hall–Kier alpha value is -1.49. The van der Waals surface area contributed by atoms with Gasteiger partial charge in [0, 0.05) is 25.2 Å². The molecule has 0 aliphatic carbocycles. The van der Waals surface area contributed by atoms with Gasteiger partial charge in [0.15, 0.2) is 11.6 Å². The van der Waals surface area contributed by atoms with E-state index in [4.69, 9.17) is 10.5 Å². The predicted octanol–water partition coefficient (Wildman–Crippen LogP) is 2.40. The quantitative estimate of drug-likeness (QED) is 0.836. The number of aliphatic hydroxyl groups excluding tert-OH is 1. The number of nitrogen functional groups attached to an aromatic ring is 1. The average molecular weight is 282 g/mol. The minimum Gasteiger partial charge on any atom is -0.488 e. The Bertz CT molecular complexity index is 479. The second-order valence-corrected chi connectivity index (χ2v) is 5.79. The Morgan fingerprint density at radius 3 is 2.75 bits per heavy atom. The minimum atomic E-state index is -0.453. The van der Waals surface area contributed by atoms with Crippen LogP contribution in [-0.2, 0) is 0 Å². The highest BCUT2D eigenvalue weighted by Crippen LogP contribution is 2.34. The number of hydrogen-bond acceptors (Lipinski definition) is 4. The lowest BCUT2D eigenvalue weighted by molar-refractivity contribution is 0.103. The van der Waals surface area contributed by atoms with Gasteiger partial charge in [0.1, 0.15) is 0 Å². The van der Waals surface area contributed by atoms with Crippen molar-refractivity contribution in [3.05, 3.63) is 17.9 Å². The lowest BCUT2D eigenvalue weighted by Crippen LogP contribution is -2.43. The van der Waals surface area contributed by atoms with Crippen molar-refractivity contribution in [1.82, 2.24) is 0 Å². The molecule has 1 aliphatic heterocycles. The first-order valence-corrected chi connectivity index (χ1v) is 7.07. The summed E-state index contributed by atoms with van der Waals surface area (Å²) < 4.78 is 19.3. The van der Waals surface area contributed by atoms with Crippen LogP contribution in [0.3, 0.4) is 0 Å². The fourth-order valence-corrected chi connectivity index (χ4v) is 2.44. The summed E-state index contributed by atoms with van der Waals surface area (Å²) in [4.78, 5) is 1.99. The second kappa shape index (κ2) is 5.87. The summed E-state index contributed by atoms with van der Waals surface area (Å²) in [5.74, 6) is 0.0301. The van der Waals surface area contributed by atoms with Gasteiger partial charge in [0.2, 0.25) is 0 Å². The van der Waals surface area contributed by atoms with Crippen molar-refractivity contribution >= 4 is 11.4 Å². The molecular weight excluding hydrogens is 259 g/mol. The van der Waals surface area contributed by atoms with Gasteiger partial charge in [-0.05, 0) is 26.2 Å². The first kappa shape index (κ1) is 14.9. The number of nitrogens with two attached hydrogens (primary N) is 1. The zero-order valence-electron chi connectivity index (χ0n) is 12.3. The second-order valence-electron chi connectivity index (χ2n) is 5.79. The maximum absolute atomic E-state index is 13.8. The first-order valence-electron chi connectivity index (χ1n) is 7.07. The van der Waals surface area contributed by atoms with E-state index in [-0.39, 0.29) is 23.9 Å². The smallest absolute Gasteiger partial charge is 0.167 e. The van der Waals surface area contributed by atoms with Crippen LogP contribution in [0.2, 0.25) is 0 Å². The van der Waals surface area contributed by atoms with Gasteiger partial charge in [0.05, 0.1) is 23.6 Å². The lowest BCUT2D eigenvalue weighted by Gasteiger charge is -2.36. The van der Waals surface area contributed by atoms with Gasteiger partial charge in [-0.1, -0.05) is 6.92 Å². The highest BCUT2D eigenvalue weighted by Gasteiger charge is 2.26. The Kier molecular flexibility index (Phi) is 4.38. The third kappa shape index (κ3) is 3.15. The van der Waals surface area contributed by atoms with Gasteiger partial charge in [-0.2, -0.15) is 0 Å². The summed E-state index contributed by atoms with van der Waals surface area (Å²) in [6, 6.07) is 2.92.